The van der Waals surface area contributed by atoms with Crippen molar-refractivity contribution in [3.8, 4) is 0 Å². The summed E-state index contributed by atoms with van der Waals surface area (Å²) in [7, 11) is -3.19. The summed E-state index contributed by atoms with van der Waals surface area (Å²) in [6.07, 6.45) is 13.7. The molecular weight excluding hydrogens is 452 g/mol. The molecule has 1 aromatic carbocycles. The summed E-state index contributed by atoms with van der Waals surface area (Å²) in [5, 5.41) is 8.72. The predicted octanol–water partition coefficient (Wildman–Crippen LogP) is 4.54. The lowest BCUT2D eigenvalue weighted by Crippen LogP contribution is -2.62. The van der Waals surface area contributed by atoms with E-state index in [2.05, 4.69) is 22.4 Å². The summed E-state index contributed by atoms with van der Waals surface area (Å²) in [4.78, 5) is 0.384. The number of rotatable bonds is 6. The zero-order valence-electron chi connectivity index (χ0n) is 19.9. The van der Waals surface area contributed by atoms with E-state index < -0.39 is 9.84 Å². The van der Waals surface area contributed by atoms with E-state index in [9.17, 15) is 8.42 Å². The Morgan fingerprint density at radius 2 is 1.79 bits per heavy atom. The fourth-order valence-electron chi connectivity index (χ4n) is 6.81. The third-order valence-corrected chi connectivity index (χ3v) is 11.0. The fraction of sp³-hybridized carbons (Fsp3) is 0.769. The molecule has 3 heterocycles. The molecule has 3 aliphatic heterocycles. The van der Waals surface area contributed by atoms with E-state index in [-0.39, 0.29) is 18.3 Å². The van der Waals surface area contributed by atoms with Crippen molar-refractivity contribution < 1.29 is 13.2 Å². The van der Waals surface area contributed by atoms with Gasteiger partial charge in [0.25, 0.3) is 0 Å². The number of sulfone groups is 1. The molecule has 1 saturated carbocycles. The van der Waals surface area contributed by atoms with Gasteiger partial charge in [0.15, 0.2) is 9.84 Å². The lowest BCUT2D eigenvalue weighted by Gasteiger charge is -2.48. The van der Waals surface area contributed by atoms with E-state index in [1.54, 1.807) is 12.1 Å². The highest BCUT2D eigenvalue weighted by Gasteiger charge is 2.50. The minimum atomic E-state index is -3.19. The molecule has 0 amide bonds. The van der Waals surface area contributed by atoms with Gasteiger partial charge in [-0.2, -0.15) is 11.8 Å². The van der Waals surface area contributed by atoms with E-state index in [0.29, 0.717) is 16.7 Å². The molecule has 0 radical (unpaired) electrons. The van der Waals surface area contributed by atoms with Crippen LogP contribution in [0.15, 0.2) is 29.2 Å². The molecule has 4 aliphatic rings. The third kappa shape index (κ3) is 5.48. The number of hydrogen-bond donors (Lipinski definition) is 2. The molecule has 2 N–H and O–H groups in total. The summed E-state index contributed by atoms with van der Waals surface area (Å²) in [6, 6.07) is 7.59. The minimum absolute atomic E-state index is 0.0990. The molecule has 1 aliphatic carbocycles. The van der Waals surface area contributed by atoms with Crippen LogP contribution in [-0.4, -0.2) is 51.1 Å². The molecular formula is C26H40N2O3S2. The molecule has 3 saturated heterocycles. The summed E-state index contributed by atoms with van der Waals surface area (Å²) in [5.41, 5.74) is 1.14. The maximum Gasteiger partial charge on any atom is 0.175 e. The van der Waals surface area contributed by atoms with E-state index >= 15 is 0 Å². The Kier molecular flexibility index (Phi) is 7.72. The van der Waals surface area contributed by atoms with Crippen LogP contribution in [0.5, 0.6) is 0 Å². The Hall–Kier alpha value is -0.600. The zero-order valence-corrected chi connectivity index (χ0v) is 21.5. The number of piperidine rings is 1. The van der Waals surface area contributed by atoms with Gasteiger partial charge in [-0.1, -0.05) is 50.7 Å². The average molecular weight is 493 g/mol. The molecule has 0 bridgehead atoms. The maximum absolute atomic E-state index is 12.0. The van der Waals surface area contributed by atoms with E-state index in [1.807, 2.05) is 12.1 Å². The minimum Gasteiger partial charge on any atom is -0.376 e. The molecule has 4 fully saturated rings. The number of nitrogens with one attached hydrogen (secondary N) is 2. The van der Waals surface area contributed by atoms with Crippen LogP contribution in [0.25, 0.3) is 0 Å². The van der Waals surface area contributed by atoms with Crippen molar-refractivity contribution in [2.24, 2.45) is 17.8 Å². The monoisotopic (exact) mass is 492 g/mol. The van der Waals surface area contributed by atoms with Gasteiger partial charge in [0.1, 0.15) is 0 Å². The third-order valence-electron chi connectivity index (χ3n) is 8.45. The molecule has 7 heteroatoms. The smallest absolute Gasteiger partial charge is 0.175 e. The maximum atomic E-state index is 12.0. The largest absolute Gasteiger partial charge is 0.376 e. The first-order chi connectivity index (χ1) is 16.0. The first kappa shape index (κ1) is 24.1. The highest BCUT2D eigenvalue weighted by Crippen LogP contribution is 2.47. The number of ether oxygens (including phenoxy) is 1. The van der Waals surface area contributed by atoms with Gasteiger partial charge in [0, 0.05) is 24.7 Å². The van der Waals surface area contributed by atoms with Gasteiger partial charge in [-0.3, -0.25) is 5.32 Å². The highest BCUT2D eigenvalue weighted by atomic mass is 32.2. The van der Waals surface area contributed by atoms with Crippen molar-refractivity contribution >= 4 is 21.6 Å². The van der Waals surface area contributed by atoms with E-state index in [0.717, 1.165) is 36.3 Å². The van der Waals surface area contributed by atoms with Crippen LogP contribution >= 0.6 is 11.8 Å². The second kappa shape index (κ2) is 10.6. The Balaban J connectivity index is 1.40. The van der Waals surface area contributed by atoms with Crippen LogP contribution in [0.3, 0.4) is 0 Å². The van der Waals surface area contributed by atoms with Crippen LogP contribution in [-0.2, 0) is 14.6 Å². The number of thioether (sulfide) groups is 1. The van der Waals surface area contributed by atoms with Gasteiger partial charge >= 0.3 is 0 Å². The van der Waals surface area contributed by atoms with Gasteiger partial charge in [-0.15, -0.1) is 0 Å². The van der Waals surface area contributed by atoms with Crippen LogP contribution in [0.4, 0.5) is 0 Å². The van der Waals surface area contributed by atoms with Crippen molar-refractivity contribution in [2.75, 3.05) is 25.2 Å². The van der Waals surface area contributed by atoms with E-state index in [4.69, 9.17) is 4.74 Å². The first-order valence-corrected chi connectivity index (χ1v) is 16.0. The van der Waals surface area contributed by atoms with Gasteiger partial charge in [0.2, 0.25) is 0 Å². The molecule has 184 valence electrons. The standard InChI is InChI=1S/C26H40N2O3S2/c1-33(29,30)21-12-10-19(11-13-21)24-25-22(14-15-31-25)23(18-7-4-2-3-5-8-18)26(28-24)27-17-20-9-6-16-32-20/h10-13,18,20,22-28H,2-9,14-17H2,1H3. The van der Waals surface area contributed by atoms with Gasteiger partial charge in [0.05, 0.1) is 23.2 Å². The SMILES string of the molecule is CS(=O)(=O)c1ccc(C2NC(NCC3CCCS3)C(C3CCCCCC3)C3CCOC23)cc1. The molecule has 5 rings (SSSR count). The second-order valence-corrected chi connectivity index (χ2v) is 14.0. The molecule has 0 spiro atoms. The van der Waals surface area contributed by atoms with Crippen molar-refractivity contribution in [3.05, 3.63) is 29.8 Å². The fourth-order valence-corrected chi connectivity index (χ4v) is 8.66. The number of hydrogen-bond acceptors (Lipinski definition) is 6. The van der Waals surface area contributed by atoms with Gasteiger partial charge < -0.3 is 10.1 Å². The first-order valence-electron chi connectivity index (χ1n) is 13.0. The van der Waals surface area contributed by atoms with Crippen molar-refractivity contribution in [1.29, 1.82) is 0 Å². The van der Waals surface area contributed by atoms with Crippen LogP contribution in [0.2, 0.25) is 0 Å². The summed E-state index contributed by atoms with van der Waals surface area (Å²) in [5.74, 6) is 3.22. The van der Waals surface area contributed by atoms with Crippen LogP contribution < -0.4 is 10.6 Å². The zero-order chi connectivity index (χ0) is 22.8. The van der Waals surface area contributed by atoms with Crippen molar-refractivity contribution in [2.45, 2.75) is 86.2 Å². The molecule has 1 aromatic rings. The lowest BCUT2D eigenvalue weighted by molar-refractivity contribution is -0.0262. The predicted molar refractivity (Wildman–Crippen MR) is 135 cm³/mol. The van der Waals surface area contributed by atoms with Crippen LogP contribution in [0, 0.1) is 17.8 Å². The lowest BCUT2D eigenvalue weighted by atomic mass is 9.68. The quantitative estimate of drug-likeness (QED) is 0.569. The number of benzene rings is 1. The van der Waals surface area contributed by atoms with Crippen molar-refractivity contribution in [1.82, 2.24) is 10.6 Å². The Morgan fingerprint density at radius 3 is 2.45 bits per heavy atom. The normalized spacial score (nSPS) is 35.9. The van der Waals surface area contributed by atoms with Crippen molar-refractivity contribution in [3.63, 3.8) is 0 Å². The highest BCUT2D eigenvalue weighted by molar-refractivity contribution is 8.00. The van der Waals surface area contributed by atoms with Gasteiger partial charge in [-0.05, 0) is 60.5 Å². The molecule has 0 aromatic heterocycles. The number of fused-ring (bicyclic) bond motifs is 1. The summed E-state index contributed by atoms with van der Waals surface area (Å²) >= 11 is 2.12. The summed E-state index contributed by atoms with van der Waals surface area (Å²) in [6.45, 7) is 1.91. The van der Waals surface area contributed by atoms with Gasteiger partial charge in [-0.25, -0.2) is 8.42 Å². The summed E-state index contributed by atoms with van der Waals surface area (Å²) < 4.78 is 30.3. The molecule has 6 unspecified atom stereocenters. The Labute approximate surface area is 204 Å². The molecule has 5 nitrogen and oxygen atoms in total. The molecule has 33 heavy (non-hydrogen) atoms. The Bertz CT molecular complexity index is 877. The van der Waals surface area contributed by atoms with Crippen LogP contribution in [0.1, 0.15) is 69.4 Å². The molecule has 6 atom stereocenters. The van der Waals surface area contributed by atoms with E-state index in [1.165, 1.54) is 63.4 Å². The second-order valence-electron chi connectivity index (χ2n) is 10.6. The topological polar surface area (TPSA) is 67.4 Å². The Morgan fingerprint density at radius 1 is 1.03 bits per heavy atom. The average Bonchev–Trinajstić information content (AvgIpc) is 3.43.